The first-order valence-corrected chi connectivity index (χ1v) is 13.2. The number of nitrogens with one attached hydrogen (secondary N) is 1. The number of ether oxygens (including phenoxy) is 1. The van der Waals surface area contributed by atoms with Crippen LogP contribution in [0.25, 0.3) is 0 Å². The molecule has 10 heteroatoms. The molecule has 2 aromatic carbocycles. The average Bonchev–Trinajstić information content (AvgIpc) is 3.33. The minimum Gasteiger partial charge on any atom is -0.495 e. The number of nitrogens with zero attached hydrogens (tertiary/aromatic N) is 2. The Hall–Kier alpha value is -2.56. The SMILES string of the molecule is COc1ccccc1NC(=O)CN1C(=O)[C@H](C)CSc2ccc(S(=O)(=O)N3CCCC3)cc21. The molecule has 2 heterocycles. The smallest absolute Gasteiger partial charge is 0.244 e. The predicted octanol–water partition coefficient (Wildman–Crippen LogP) is 3.19. The van der Waals surface area contributed by atoms with E-state index in [1.54, 1.807) is 36.4 Å². The highest BCUT2D eigenvalue weighted by Crippen LogP contribution is 2.38. The lowest BCUT2D eigenvalue weighted by atomic mass is 10.1. The van der Waals surface area contributed by atoms with Gasteiger partial charge in [-0.15, -0.1) is 11.8 Å². The van der Waals surface area contributed by atoms with Crippen molar-refractivity contribution in [1.29, 1.82) is 0 Å². The van der Waals surface area contributed by atoms with Crippen LogP contribution in [0, 0.1) is 5.92 Å². The molecule has 0 bridgehead atoms. The molecule has 0 spiro atoms. The monoisotopic (exact) mass is 489 g/mol. The quantitative estimate of drug-likeness (QED) is 0.670. The Kier molecular flexibility index (Phi) is 6.96. The van der Waals surface area contributed by atoms with Gasteiger partial charge in [-0.05, 0) is 43.2 Å². The third kappa shape index (κ3) is 4.87. The number of anilines is 2. The van der Waals surface area contributed by atoms with Crippen LogP contribution in [-0.4, -0.2) is 57.0 Å². The maximum absolute atomic E-state index is 13.2. The number of para-hydroxylation sites is 2. The second-order valence-electron chi connectivity index (χ2n) is 8.13. The molecule has 0 saturated carbocycles. The maximum Gasteiger partial charge on any atom is 0.244 e. The van der Waals surface area contributed by atoms with Gasteiger partial charge in [-0.25, -0.2) is 8.42 Å². The van der Waals surface area contributed by atoms with Crippen molar-refractivity contribution < 1.29 is 22.7 Å². The Bertz CT molecular complexity index is 1160. The lowest BCUT2D eigenvalue weighted by Crippen LogP contribution is -2.41. The largest absolute Gasteiger partial charge is 0.495 e. The van der Waals surface area contributed by atoms with Gasteiger partial charge in [0, 0.05) is 29.7 Å². The molecule has 2 aliphatic heterocycles. The fraction of sp³-hybridized carbons (Fsp3) is 0.391. The highest BCUT2D eigenvalue weighted by atomic mass is 32.2. The number of hydrogen-bond acceptors (Lipinski definition) is 6. The number of sulfonamides is 1. The first-order chi connectivity index (χ1) is 15.8. The number of carbonyl (C=O) groups is 2. The van der Waals surface area contributed by atoms with Crippen molar-refractivity contribution in [3.63, 3.8) is 0 Å². The number of rotatable bonds is 6. The van der Waals surface area contributed by atoms with Crippen LogP contribution in [0.3, 0.4) is 0 Å². The number of thioether (sulfide) groups is 1. The third-order valence-electron chi connectivity index (χ3n) is 5.78. The van der Waals surface area contributed by atoms with Crippen LogP contribution in [0.1, 0.15) is 19.8 Å². The summed E-state index contributed by atoms with van der Waals surface area (Å²) in [5, 5.41) is 2.79. The van der Waals surface area contributed by atoms with Crippen molar-refractivity contribution in [3.05, 3.63) is 42.5 Å². The van der Waals surface area contributed by atoms with Gasteiger partial charge in [0.1, 0.15) is 12.3 Å². The van der Waals surface area contributed by atoms with Gasteiger partial charge in [0.15, 0.2) is 0 Å². The zero-order valence-electron chi connectivity index (χ0n) is 18.6. The van der Waals surface area contributed by atoms with Crippen molar-refractivity contribution in [2.45, 2.75) is 29.6 Å². The Morgan fingerprint density at radius 1 is 1.18 bits per heavy atom. The summed E-state index contributed by atoms with van der Waals surface area (Å²) in [6.45, 7) is 2.57. The highest BCUT2D eigenvalue weighted by molar-refractivity contribution is 7.99. The van der Waals surface area contributed by atoms with Gasteiger partial charge in [-0.3, -0.25) is 9.59 Å². The standard InChI is InChI=1S/C23H27N3O5S2/c1-16-15-32-21-10-9-17(33(29,30)25-11-5-6-12-25)13-19(21)26(23(16)28)14-22(27)24-18-7-3-4-8-20(18)31-2/h3-4,7-10,13,16H,5-6,11-12,14-15H2,1-2H3,(H,24,27)/t16-/m1/s1. The summed E-state index contributed by atoms with van der Waals surface area (Å²) in [7, 11) is -2.14. The van der Waals surface area contributed by atoms with Crippen LogP contribution in [-0.2, 0) is 19.6 Å². The van der Waals surface area contributed by atoms with Crippen molar-refractivity contribution in [1.82, 2.24) is 4.31 Å². The molecule has 8 nitrogen and oxygen atoms in total. The van der Waals surface area contributed by atoms with Crippen molar-refractivity contribution in [3.8, 4) is 5.75 Å². The first kappa shape index (κ1) is 23.6. The molecule has 176 valence electrons. The van der Waals surface area contributed by atoms with Gasteiger partial charge in [0.2, 0.25) is 21.8 Å². The fourth-order valence-corrected chi connectivity index (χ4v) is 6.57. The first-order valence-electron chi connectivity index (χ1n) is 10.8. The van der Waals surface area contributed by atoms with Crippen LogP contribution in [0.2, 0.25) is 0 Å². The van der Waals surface area contributed by atoms with E-state index in [0.717, 1.165) is 17.7 Å². The average molecular weight is 490 g/mol. The van der Waals surface area contributed by atoms with Crippen LogP contribution in [0.15, 0.2) is 52.3 Å². The van der Waals surface area contributed by atoms with Gasteiger partial charge < -0.3 is 15.0 Å². The van der Waals surface area contributed by atoms with Gasteiger partial charge in [-0.2, -0.15) is 4.31 Å². The zero-order chi connectivity index (χ0) is 23.6. The summed E-state index contributed by atoms with van der Waals surface area (Å²) >= 11 is 1.49. The van der Waals surface area contributed by atoms with Crippen molar-refractivity contribution in [2.24, 2.45) is 5.92 Å². The van der Waals surface area contributed by atoms with Crippen molar-refractivity contribution in [2.75, 3.05) is 42.7 Å². The lowest BCUT2D eigenvalue weighted by molar-refractivity contribution is -0.123. The van der Waals surface area contributed by atoms with E-state index in [0.29, 0.717) is 36.0 Å². The number of carbonyl (C=O) groups excluding carboxylic acids is 2. The molecular formula is C23H27N3O5S2. The molecule has 2 aromatic rings. The molecule has 0 radical (unpaired) electrons. The summed E-state index contributed by atoms with van der Waals surface area (Å²) in [5.41, 5.74) is 0.949. The summed E-state index contributed by atoms with van der Waals surface area (Å²) in [6, 6.07) is 11.9. The second kappa shape index (κ2) is 9.74. The lowest BCUT2D eigenvalue weighted by Gasteiger charge is -2.25. The topological polar surface area (TPSA) is 96.0 Å². The van der Waals surface area contributed by atoms with Crippen LogP contribution < -0.4 is 15.0 Å². The van der Waals surface area contributed by atoms with E-state index >= 15 is 0 Å². The molecule has 33 heavy (non-hydrogen) atoms. The Labute approximate surface area is 198 Å². The van der Waals surface area contributed by atoms with E-state index in [4.69, 9.17) is 4.74 Å². The van der Waals surface area contributed by atoms with E-state index in [1.165, 1.54) is 34.1 Å². The number of amides is 2. The van der Waals surface area contributed by atoms with E-state index in [9.17, 15) is 18.0 Å². The van der Waals surface area contributed by atoms with Crippen LogP contribution in [0.5, 0.6) is 5.75 Å². The van der Waals surface area contributed by atoms with Gasteiger partial charge in [-0.1, -0.05) is 19.1 Å². The summed E-state index contributed by atoms with van der Waals surface area (Å²) in [6.07, 6.45) is 1.68. The molecule has 4 rings (SSSR count). The van der Waals surface area contributed by atoms with E-state index in [1.807, 2.05) is 6.92 Å². The van der Waals surface area contributed by atoms with E-state index < -0.39 is 15.9 Å². The molecule has 0 unspecified atom stereocenters. The minimum atomic E-state index is -3.66. The Morgan fingerprint density at radius 2 is 1.91 bits per heavy atom. The summed E-state index contributed by atoms with van der Waals surface area (Å²) < 4.78 is 33.0. The third-order valence-corrected chi connectivity index (χ3v) is 9.00. The van der Waals surface area contributed by atoms with E-state index in [-0.39, 0.29) is 23.3 Å². The predicted molar refractivity (Wildman–Crippen MR) is 128 cm³/mol. The zero-order valence-corrected chi connectivity index (χ0v) is 20.2. The van der Waals surface area contributed by atoms with Crippen molar-refractivity contribution >= 4 is 45.0 Å². The van der Waals surface area contributed by atoms with Gasteiger partial charge in [0.25, 0.3) is 0 Å². The Morgan fingerprint density at radius 3 is 2.64 bits per heavy atom. The molecular weight excluding hydrogens is 462 g/mol. The van der Waals surface area contributed by atoms with Gasteiger partial charge >= 0.3 is 0 Å². The molecule has 1 N–H and O–H groups in total. The molecule has 0 aromatic heterocycles. The fourth-order valence-electron chi connectivity index (χ4n) is 3.98. The van der Waals surface area contributed by atoms with Gasteiger partial charge in [0.05, 0.1) is 23.4 Å². The number of benzene rings is 2. The number of hydrogen-bond donors (Lipinski definition) is 1. The van der Waals surface area contributed by atoms with Crippen LogP contribution in [0.4, 0.5) is 11.4 Å². The van der Waals surface area contributed by atoms with Crippen LogP contribution >= 0.6 is 11.8 Å². The molecule has 1 fully saturated rings. The molecule has 2 aliphatic rings. The maximum atomic E-state index is 13.2. The summed E-state index contributed by atoms with van der Waals surface area (Å²) in [5.74, 6) is 0.128. The van der Waals surface area contributed by atoms with E-state index in [2.05, 4.69) is 5.32 Å². The Balaban J connectivity index is 1.66. The summed E-state index contributed by atoms with van der Waals surface area (Å²) in [4.78, 5) is 28.4. The second-order valence-corrected chi connectivity index (χ2v) is 11.1. The molecule has 0 aliphatic carbocycles. The number of methoxy groups -OCH3 is 1. The molecule has 1 saturated heterocycles. The molecule has 1 atom stereocenters. The number of fused-ring (bicyclic) bond motifs is 1. The molecule has 2 amide bonds. The normalized spacial score (nSPS) is 19.2. The highest BCUT2D eigenvalue weighted by Gasteiger charge is 2.33. The minimum absolute atomic E-state index is 0.140.